The number of benzene rings is 1. The fourth-order valence-electron chi connectivity index (χ4n) is 2.35. The number of hydrogen-bond donors (Lipinski definition) is 1. The van der Waals surface area contributed by atoms with Crippen molar-refractivity contribution in [1.82, 2.24) is 15.1 Å². The van der Waals surface area contributed by atoms with Crippen LogP contribution in [0.25, 0.3) is 0 Å². The molecule has 1 atom stereocenters. The molecule has 1 aromatic carbocycles. The topological polar surface area (TPSA) is 91.7 Å². The third-order valence-electron chi connectivity index (χ3n) is 3.68. The largest absolute Gasteiger partial charge is 0.493 e. The number of methoxy groups -OCH3 is 3. The van der Waals surface area contributed by atoms with Crippen LogP contribution >= 0.6 is 0 Å². The molecule has 134 valence electrons. The molecule has 0 aliphatic heterocycles. The van der Waals surface area contributed by atoms with E-state index in [0.717, 1.165) is 0 Å². The lowest BCUT2D eigenvalue weighted by Gasteiger charge is -2.19. The van der Waals surface area contributed by atoms with Crippen molar-refractivity contribution in [2.45, 2.75) is 12.5 Å². The minimum Gasteiger partial charge on any atom is -0.493 e. The Balaban J connectivity index is 2.29. The zero-order valence-electron chi connectivity index (χ0n) is 14.6. The summed E-state index contributed by atoms with van der Waals surface area (Å²) in [5.74, 6) is 0.287. The van der Waals surface area contributed by atoms with Crippen LogP contribution in [0.4, 0.5) is 0 Å². The van der Waals surface area contributed by atoms with Crippen LogP contribution in [0.15, 0.2) is 30.6 Å². The van der Waals surface area contributed by atoms with E-state index in [-0.39, 0.29) is 12.3 Å². The summed E-state index contributed by atoms with van der Waals surface area (Å²) < 4.78 is 16.8. The molecular weight excluding hydrogens is 326 g/mol. The lowest BCUT2D eigenvalue weighted by molar-refractivity contribution is -0.141. The number of ether oxygens (including phenoxy) is 3. The first kappa shape index (κ1) is 18.3. The van der Waals surface area contributed by atoms with Crippen molar-refractivity contribution in [2.24, 2.45) is 7.05 Å². The second-order valence-electron chi connectivity index (χ2n) is 5.32. The molecule has 1 N–H and O–H groups in total. The van der Waals surface area contributed by atoms with Crippen LogP contribution in [0, 0.1) is 0 Å². The van der Waals surface area contributed by atoms with Crippen LogP contribution in [0.3, 0.4) is 0 Å². The minimum absolute atomic E-state index is 0.0159. The summed E-state index contributed by atoms with van der Waals surface area (Å²) in [6.45, 7) is 0. The summed E-state index contributed by atoms with van der Waals surface area (Å²) >= 11 is 0. The van der Waals surface area contributed by atoms with E-state index in [0.29, 0.717) is 22.6 Å². The highest BCUT2D eigenvalue weighted by Crippen LogP contribution is 2.31. The molecule has 0 saturated carbocycles. The molecule has 1 aromatic heterocycles. The van der Waals surface area contributed by atoms with Gasteiger partial charge in [0.05, 0.1) is 45.6 Å². The number of nitrogens with one attached hydrogen (secondary N) is 1. The molecule has 0 saturated heterocycles. The van der Waals surface area contributed by atoms with E-state index < -0.39 is 12.0 Å². The Bertz CT molecular complexity index is 756. The summed E-state index contributed by atoms with van der Waals surface area (Å²) in [5.41, 5.74) is 1.10. The number of aryl methyl sites for hydroxylation is 1. The Hall–Kier alpha value is -3.03. The van der Waals surface area contributed by atoms with Crippen molar-refractivity contribution in [2.75, 3.05) is 21.3 Å². The van der Waals surface area contributed by atoms with Crippen LogP contribution in [0.1, 0.15) is 28.4 Å². The van der Waals surface area contributed by atoms with Gasteiger partial charge in [0.25, 0.3) is 5.91 Å². The molecule has 2 aromatic rings. The van der Waals surface area contributed by atoms with Crippen molar-refractivity contribution < 1.29 is 23.8 Å². The lowest BCUT2D eigenvalue weighted by atomic mass is 10.0. The fraction of sp³-hybridized carbons (Fsp3) is 0.353. The van der Waals surface area contributed by atoms with E-state index in [1.165, 1.54) is 32.2 Å². The Morgan fingerprint density at radius 1 is 1.20 bits per heavy atom. The van der Waals surface area contributed by atoms with Gasteiger partial charge >= 0.3 is 5.97 Å². The highest BCUT2D eigenvalue weighted by atomic mass is 16.5. The zero-order valence-corrected chi connectivity index (χ0v) is 14.6. The first-order chi connectivity index (χ1) is 12.0. The second kappa shape index (κ2) is 8.18. The van der Waals surface area contributed by atoms with Crippen molar-refractivity contribution in [1.29, 1.82) is 0 Å². The minimum atomic E-state index is -0.583. The summed E-state index contributed by atoms with van der Waals surface area (Å²) in [6.07, 6.45) is 3.04. The van der Waals surface area contributed by atoms with E-state index in [9.17, 15) is 9.59 Å². The lowest BCUT2D eigenvalue weighted by Crippen LogP contribution is -2.30. The number of amides is 1. The molecule has 0 aliphatic carbocycles. The third kappa shape index (κ3) is 4.50. The highest BCUT2D eigenvalue weighted by molar-refractivity contribution is 5.94. The highest BCUT2D eigenvalue weighted by Gasteiger charge is 2.21. The van der Waals surface area contributed by atoms with Gasteiger partial charge in [-0.05, 0) is 17.7 Å². The maximum atomic E-state index is 12.4. The first-order valence-corrected chi connectivity index (χ1v) is 7.56. The number of carbonyl (C=O) groups excluding carboxylic acids is 2. The summed E-state index contributed by atoms with van der Waals surface area (Å²) in [6, 6.07) is 4.61. The van der Waals surface area contributed by atoms with Crippen molar-refractivity contribution in [3.8, 4) is 11.5 Å². The van der Waals surface area contributed by atoms with Gasteiger partial charge in [0.1, 0.15) is 0 Å². The molecular formula is C17H21N3O5. The van der Waals surface area contributed by atoms with Gasteiger partial charge in [0.15, 0.2) is 11.5 Å². The number of esters is 1. The van der Waals surface area contributed by atoms with Crippen LogP contribution in [-0.4, -0.2) is 43.0 Å². The molecule has 1 heterocycles. The molecule has 1 amide bonds. The fourth-order valence-corrected chi connectivity index (χ4v) is 2.35. The summed E-state index contributed by atoms with van der Waals surface area (Å²) in [4.78, 5) is 24.2. The van der Waals surface area contributed by atoms with Crippen molar-refractivity contribution in [3.05, 3.63) is 41.7 Å². The molecule has 8 nitrogen and oxygen atoms in total. The average Bonchev–Trinajstić information content (AvgIpc) is 3.06. The monoisotopic (exact) mass is 347 g/mol. The van der Waals surface area contributed by atoms with Crippen molar-refractivity contribution in [3.63, 3.8) is 0 Å². The predicted octanol–water partition coefficient (Wildman–Crippen LogP) is 1.47. The quantitative estimate of drug-likeness (QED) is 0.763. The first-order valence-electron chi connectivity index (χ1n) is 7.56. The van der Waals surface area contributed by atoms with Crippen LogP contribution in [0.5, 0.6) is 11.5 Å². The van der Waals surface area contributed by atoms with Gasteiger partial charge in [-0.25, -0.2) is 0 Å². The molecule has 0 bridgehead atoms. The summed E-state index contributed by atoms with van der Waals surface area (Å²) in [5, 5.41) is 6.80. The van der Waals surface area contributed by atoms with Gasteiger partial charge < -0.3 is 19.5 Å². The number of aromatic nitrogens is 2. The van der Waals surface area contributed by atoms with E-state index >= 15 is 0 Å². The molecule has 8 heteroatoms. The standard InChI is InChI=1S/C17H21N3O5/c1-20-10-12(9-18-20)17(22)19-13(8-16(21)25-4)11-5-6-14(23-2)15(7-11)24-3/h5-7,9-10,13H,8H2,1-4H3,(H,19,22)/t13-/m1/s1. The normalized spacial score (nSPS) is 11.5. The molecule has 2 rings (SSSR count). The van der Waals surface area contributed by atoms with E-state index in [2.05, 4.69) is 10.4 Å². The SMILES string of the molecule is COC(=O)C[C@@H](NC(=O)c1cnn(C)c1)c1ccc(OC)c(OC)c1. The Labute approximate surface area is 145 Å². The smallest absolute Gasteiger partial charge is 0.307 e. The Kier molecular flexibility index (Phi) is 5.99. The van der Waals surface area contributed by atoms with Gasteiger partial charge in [-0.2, -0.15) is 5.10 Å². The second-order valence-corrected chi connectivity index (χ2v) is 5.32. The van der Waals surface area contributed by atoms with E-state index in [1.807, 2.05) is 0 Å². The third-order valence-corrected chi connectivity index (χ3v) is 3.68. The maximum absolute atomic E-state index is 12.4. The van der Waals surface area contributed by atoms with Crippen LogP contribution in [-0.2, 0) is 16.6 Å². The molecule has 0 aliphatic rings. The predicted molar refractivity (Wildman–Crippen MR) is 89.6 cm³/mol. The Morgan fingerprint density at radius 2 is 1.92 bits per heavy atom. The average molecular weight is 347 g/mol. The number of nitrogens with zero attached hydrogens (tertiary/aromatic N) is 2. The van der Waals surface area contributed by atoms with Gasteiger partial charge in [-0.1, -0.05) is 6.07 Å². The van der Waals surface area contributed by atoms with E-state index in [1.54, 1.807) is 31.4 Å². The zero-order chi connectivity index (χ0) is 18.4. The summed E-state index contributed by atoms with van der Waals surface area (Å²) in [7, 11) is 6.08. The molecule has 0 radical (unpaired) electrons. The van der Waals surface area contributed by atoms with Gasteiger partial charge in [-0.15, -0.1) is 0 Å². The van der Waals surface area contributed by atoms with Gasteiger partial charge in [0, 0.05) is 13.2 Å². The molecule has 25 heavy (non-hydrogen) atoms. The maximum Gasteiger partial charge on any atom is 0.307 e. The number of rotatable bonds is 7. The van der Waals surface area contributed by atoms with Gasteiger partial charge in [-0.3, -0.25) is 14.3 Å². The number of hydrogen-bond acceptors (Lipinski definition) is 6. The molecule has 0 fully saturated rings. The number of carbonyl (C=O) groups is 2. The van der Waals surface area contributed by atoms with Crippen molar-refractivity contribution >= 4 is 11.9 Å². The molecule has 0 unspecified atom stereocenters. The van der Waals surface area contributed by atoms with Crippen LogP contribution in [0.2, 0.25) is 0 Å². The van der Waals surface area contributed by atoms with Crippen LogP contribution < -0.4 is 14.8 Å². The van der Waals surface area contributed by atoms with E-state index in [4.69, 9.17) is 14.2 Å². The van der Waals surface area contributed by atoms with Gasteiger partial charge in [0.2, 0.25) is 0 Å². The molecule has 0 spiro atoms. The Morgan fingerprint density at radius 3 is 2.48 bits per heavy atom.